The number of hydrogen-bond acceptors (Lipinski definition) is 4. The third kappa shape index (κ3) is 5.34. The third-order valence-electron chi connectivity index (χ3n) is 3.37. The number of nitrogens with zero attached hydrogens (tertiary/aromatic N) is 2. The van der Waals surface area contributed by atoms with Crippen molar-refractivity contribution in [1.82, 2.24) is 15.1 Å². The van der Waals surface area contributed by atoms with Gasteiger partial charge < -0.3 is 19.9 Å². The number of methoxy groups -OCH3 is 1. The maximum absolute atomic E-state index is 5.07. The number of likely N-dealkylation sites (tertiary alicyclic amines) is 1. The molecule has 0 aliphatic carbocycles. The first kappa shape index (κ1) is 14.9. The van der Waals surface area contributed by atoms with Crippen molar-refractivity contribution in [3.05, 3.63) is 0 Å². The fourth-order valence-corrected chi connectivity index (χ4v) is 2.45. The molecule has 2 aliphatic heterocycles. The summed E-state index contributed by atoms with van der Waals surface area (Å²) in [5.74, 6) is 0.903. The Morgan fingerprint density at radius 1 is 1.12 bits per heavy atom. The van der Waals surface area contributed by atoms with Crippen LogP contribution in [0.15, 0.2) is 0 Å². The quantitative estimate of drug-likeness (QED) is 0.761. The van der Waals surface area contributed by atoms with Gasteiger partial charge in [-0.1, -0.05) is 13.8 Å². The Hall–Kier alpha value is -0.160. The Labute approximate surface area is 106 Å². The molecule has 2 fully saturated rings. The van der Waals surface area contributed by atoms with E-state index in [1.54, 1.807) is 7.11 Å². The molecule has 17 heavy (non-hydrogen) atoms. The Morgan fingerprint density at radius 3 is 2.35 bits per heavy atom. The Bertz CT molecular complexity index is 178. The minimum atomic E-state index is 0.875. The van der Waals surface area contributed by atoms with Crippen molar-refractivity contribution in [2.75, 3.05) is 66.1 Å². The zero-order valence-corrected chi connectivity index (χ0v) is 11.7. The molecule has 2 heterocycles. The molecule has 2 saturated heterocycles. The van der Waals surface area contributed by atoms with E-state index < -0.39 is 0 Å². The topological polar surface area (TPSA) is 27.7 Å². The predicted octanol–water partition coefficient (Wildman–Crippen LogP) is 0.496. The van der Waals surface area contributed by atoms with Crippen molar-refractivity contribution < 1.29 is 4.74 Å². The average molecular weight is 243 g/mol. The van der Waals surface area contributed by atoms with Gasteiger partial charge in [-0.15, -0.1) is 0 Å². The monoisotopic (exact) mass is 243 g/mol. The minimum Gasteiger partial charge on any atom is -0.383 e. The lowest BCUT2D eigenvalue weighted by molar-refractivity contribution is 0.0415. The highest BCUT2D eigenvalue weighted by atomic mass is 16.5. The number of rotatable bonds is 5. The lowest BCUT2D eigenvalue weighted by atomic mass is 9.99. The molecular formula is C13H29N3O. The molecule has 0 radical (unpaired) electrons. The van der Waals surface area contributed by atoms with Crippen molar-refractivity contribution in [1.29, 1.82) is 0 Å². The molecule has 0 aromatic rings. The molecule has 0 atom stereocenters. The summed E-state index contributed by atoms with van der Waals surface area (Å²) in [5, 5.41) is 3.39. The standard InChI is InChI=1S/C11H23N3O.C2H6/c1-15-7-6-14-9-11(10-14)8-13-4-2-12-3-5-13;1-2/h11-12H,2-10H2,1H3;1-2H3. The minimum absolute atomic E-state index is 0.875. The van der Waals surface area contributed by atoms with Gasteiger partial charge in [0.2, 0.25) is 0 Å². The van der Waals surface area contributed by atoms with Crippen molar-refractivity contribution in [2.24, 2.45) is 5.92 Å². The average Bonchev–Trinajstić information content (AvgIpc) is 2.36. The van der Waals surface area contributed by atoms with E-state index in [1.165, 1.54) is 45.8 Å². The second kappa shape index (κ2) is 8.86. The number of hydrogen-bond donors (Lipinski definition) is 1. The maximum atomic E-state index is 5.07. The van der Waals surface area contributed by atoms with Gasteiger partial charge in [-0.25, -0.2) is 0 Å². The van der Waals surface area contributed by atoms with Gasteiger partial charge in [-0.05, 0) is 5.92 Å². The number of ether oxygens (including phenoxy) is 1. The van der Waals surface area contributed by atoms with Crippen molar-refractivity contribution in [3.8, 4) is 0 Å². The molecule has 0 bridgehead atoms. The van der Waals surface area contributed by atoms with Crippen LogP contribution < -0.4 is 5.32 Å². The lowest BCUT2D eigenvalue weighted by Crippen LogP contribution is -2.54. The molecule has 4 nitrogen and oxygen atoms in total. The van der Waals surface area contributed by atoms with Gasteiger partial charge in [-0.3, -0.25) is 0 Å². The largest absolute Gasteiger partial charge is 0.383 e. The molecule has 0 aromatic carbocycles. The SMILES string of the molecule is CC.COCCN1CC(CN2CCNCC2)C1. The number of piperazine rings is 1. The summed E-state index contributed by atoms with van der Waals surface area (Å²) in [5.41, 5.74) is 0. The first-order valence-electron chi connectivity index (χ1n) is 7.03. The van der Waals surface area contributed by atoms with Crippen molar-refractivity contribution in [2.45, 2.75) is 13.8 Å². The first-order chi connectivity index (χ1) is 8.38. The van der Waals surface area contributed by atoms with E-state index in [2.05, 4.69) is 15.1 Å². The van der Waals surface area contributed by atoms with Gasteiger partial charge in [0.15, 0.2) is 0 Å². The highest BCUT2D eigenvalue weighted by molar-refractivity contribution is 4.83. The Balaban J connectivity index is 0.000000686. The summed E-state index contributed by atoms with van der Waals surface area (Å²) in [7, 11) is 1.78. The van der Waals surface area contributed by atoms with E-state index in [1.807, 2.05) is 13.8 Å². The smallest absolute Gasteiger partial charge is 0.0589 e. The fourth-order valence-electron chi connectivity index (χ4n) is 2.45. The highest BCUT2D eigenvalue weighted by Gasteiger charge is 2.27. The molecule has 0 spiro atoms. The van der Waals surface area contributed by atoms with Crippen molar-refractivity contribution in [3.63, 3.8) is 0 Å². The Morgan fingerprint density at radius 2 is 1.76 bits per heavy atom. The zero-order valence-electron chi connectivity index (χ0n) is 11.7. The molecule has 0 saturated carbocycles. The molecule has 102 valence electrons. The first-order valence-corrected chi connectivity index (χ1v) is 7.03. The predicted molar refractivity (Wildman–Crippen MR) is 72.5 cm³/mol. The van der Waals surface area contributed by atoms with Gasteiger partial charge in [0.25, 0.3) is 0 Å². The third-order valence-corrected chi connectivity index (χ3v) is 3.37. The van der Waals surface area contributed by atoms with Crippen LogP contribution >= 0.6 is 0 Å². The van der Waals surface area contributed by atoms with Crippen LogP contribution in [0.3, 0.4) is 0 Å². The summed E-state index contributed by atoms with van der Waals surface area (Å²) < 4.78 is 5.07. The summed E-state index contributed by atoms with van der Waals surface area (Å²) >= 11 is 0. The summed E-state index contributed by atoms with van der Waals surface area (Å²) in [6.07, 6.45) is 0. The van der Waals surface area contributed by atoms with Crippen LogP contribution in [0, 0.1) is 5.92 Å². The van der Waals surface area contributed by atoms with Gasteiger partial charge >= 0.3 is 0 Å². The number of nitrogens with one attached hydrogen (secondary N) is 1. The normalized spacial score (nSPS) is 22.8. The van der Waals surface area contributed by atoms with E-state index in [9.17, 15) is 0 Å². The van der Waals surface area contributed by atoms with Crippen LogP contribution in [0.1, 0.15) is 13.8 Å². The summed E-state index contributed by atoms with van der Waals surface area (Å²) in [4.78, 5) is 5.07. The summed E-state index contributed by atoms with van der Waals surface area (Å²) in [6, 6.07) is 0. The second-order valence-corrected chi connectivity index (χ2v) is 4.67. The van der Waals surface area contributed by atoms with E-state index in [0.29, 0.717) is 0 Å². The highest BCUT2D eigenvalue weighted by Crippen LogP contribution is 2.16. The molecular weight excluding hydrogens is 214 g/mol. The second-order valence-electron chi connectivity index (χ2n) is 4.67. The van der Waals surface area contributed by atoms with Crippen LogP contribution in [0.25, 0.3) is 0 Å². The molecule has 0 unspecified atom stereocenters. The van der Waals surface area contributed by atoms with Gasteiger partial charge in [-0.2, -0.15) is 0 Å². The summed E-state index contributed by atoms with van der Waals surface area (Å²) in [6.45, 7) is 14.6. The lowest BCUT2D eigenvalue weighted by Gasteiger charge is -2.42. The van der Waals surface area contributed by atoms with E-state index in [4.69, 9.17) is 4.74 Å². The van der Waals surface area contributed by atoms with E-state index >= 15 is 0 Å². The molecule has 0 aromatic heterocycles. The Kier molecular flexibility index (Phi) is 7.77. The van der Waals surface area contributed by atoms with Gasteiger partial charge in [0.1, 0.15) is 0 Å². The molecule has 2 rings (SSSR count). The molecule has 4 heteroatoms. The fraction of sp³-hybridized carbons (Fsp3) is 1.00. The molecule has 1 N–H and O–H groups in total. The zero-order chi connectivity index (χ0) is 12.5. The van der Waals surface area contributed by atoms with E-state index in [-0.39, 0.29) is 0 Å². The van der Waals surface area contributed by atoms with Crippen LogP contribution in [0.4, 0.5) is 0 Å². The van der Waals surface area contributed by atoms with E-state index in [0.717, 1.165) is 19.1 Å². The van der Waals surface area contributed by atoms with Crippen LogP contribution in [-0.4, -0.2) is 75.9 Å². The molecule has 2 aliphatic rings. The molecule has 0 amide bonds. The van der Waals surface area contributed by atoms with Crippen LogP contribution in [0.2, 0.25) is 0 Å². The maximum Gasteiger partial charge on any atom is 0.0589 e. The van der Waals surface area contributed by atoms with Gasteiger partial charge in [0, 0.05) is 59.5 Å². The van der Waals surface area contributed by atoms with Crippen LogP contribution in [-0.2, 0) is 4.74 Å². The van der Waals surface area contributed by atoms with Crippen molar-refractivity contribution >= 4 is 0 Å². The van der Waals surface area contributed by atoms with Crippen LogP contribution in [0.5, 0.6) is 0 Å². The van der Waals surface area contributed by atoms with Gasteiger partial charge in [0.05, 0.1) is 6.61 Å².